The summed E-state index contributed by atoms with van der Waals surface area (Å²) in [4.78, 5) is 15.3. The van der Waals surface area contributed by atoms with Crippen molar-refractivity contribution >= 4 is 48.8 Å². The van der Waals surface area contributed by atoms with Gasteiger partial charge < -0.3 is 4.90 Å². The average Bonchev–Trinajstić information content (AvgIpc) is 3.20. The fourth-order valence-corrected chi connectivity index (χ4v) is 6.66. The molecule has 2 heterocycles. The molecule has 1 amide bonds. The van der Waals surface area contributed by atoms with Gasteiger partial charge in [0.2, 0.25) is 0 Å². The van der Waals surface area contributed by atoms with Gasteiger partial charge in [0, 0.05) is 22.7 Å². The number of hydrogen-bond donors (Lipinski definition) is 0. The van der Waals surface area contributed by atoms with Crippen molar-refractivity contribution in [3.63, 3.8) is 0 Å². The van der Waals surface area contributed by atoms with Crippen LogP contribution in [0.4, 0.5) is 4.39 Å². The van der Waals surface area contributed by atoms with E-state index in [0.717, 1.165) is 15.6 Å². The second-order valence-electron chi connectivity index (χ2n) is 6.86. The van der Waals surface area contributed by atoms with Crippen LogP contribution in [0.1, 0.15) is 21.7 Å². The summed E-state index contributed by atoms with van der Waals surface area (Å²) in [5.41, 5.74) is 0.733. The van der Waals surface area contributed by atoms with Crippen LogP contribution in [0.5, 0.6) is 0 Å². The first-order valence-electron chi connectivity index (χ1n) is 8.77. The number of hydrogen-bond acceptors (Lipinski definition) is 4. The highest BCUT2D eigenvalue weighted by atomic mass is 35.5. The van der Waals surface area contributed by atoms with E-state index < -0.39 is 15.9 Å². The summed E-state index contributed by atoms with van der Waals surface area (Å²) in [6.45, 7) is 0.198. The Balaban J connectivity index is 1.72. The first-order valence-corrected chi connectivity index (χ1v) is 11.8. The maximum absolute atomic E-state index is 13.4. The highest BCUT2D eigenvalue weighted by Gasteiger charge is 2.36. The molecular formula is C20H17ClFNO3S2. The lowest BCUT2D eigenvalue weighted by atomic mass is 10.1. The third-order valence-corrected chi connectivity index (χ3v) is 8.32. The van der Waals surface area contributed by atoms with Gasteiger partial charge in [-0.15, -0.1) is 11.3 Å². The molecule has 2 aromatic carbocycles. The van der Waals surface area contributed by atoms with Crippen LogP contribution >= 0.6 is 22.9 Å². The molecule has 0 bridgehead atoms. The Morgan fingerprint density at radius 2 is 1.89 bits per heavy atom. The van der Waals surface area contributed by atoms with Crippen LogP contribution < -0.4 is 0 Å². The van der Waals surface area contributed by atoms with Gasteiger partial charge in [-0.1, -0.05) is 41.9 Å². The summed E-state index contributed by atoms with van der Waals surface area (Å²) < 4.78 is 38.1. The van der Waals surface area contributed by atoms with E-state index in [0.29, 0.717) is 16.3 Å². The summed E-state index contributed by atoms with van der Waals surface area (Å²) in [5, 5.41) is 1.19. The maximum atomic E-state index is 13.4. The Hall–Kier alpha value is -1.96. The lowest BCUT2D eigenvalue weighted by Gasteiger charge is -2.28. The van der Waals surface area contributed by atoms with Crippen molar-refractivity contribution in [2.75, 3.05) is 11.5 Å². The molecule has 4 nitrogen and oxygen atoms in total. The van der Waals surface area contributed by atoms with Gasteiger partial charge in [0.15, 0.2) is 9.84 Å². The van der Waals surface area contributed by atoms with E-state index in [9.17, 15) is 17.6 Å². The number of nitrogens with zero attached hydrogens (tertiary/aromatic N) is 1. The summed E-state index contributed by atoms with van der Waals surface area (Å²) >= 11 is 7.78. The third kappa shape index (κ3) is 3.79. The molecule has 1 aliphatic rings. The van der Waals surface area contributed by atoms with Gasteiger partial charge in [-0.2, -0.15) is 0 Å². The minimum Gasteiger partial charge on any atom is -0.330 e. The van der Waals surface area contributed by atoms with Crippen LogP contribution in [0.2, 0.25) is 5.02 Å². The second-order valence-corrected chi connectivity index (χ2v) is 10.5. The third-order valence-electron chi connectivity index (χ3n) is 4.91. The number of rotatable bonds is 4. The van der Waals surface area contributed by atoms with Crippen molar-refractivity contribution in [1.82, 2.24) is 4.90 Å². The van der Waals surface area contributed by atoms with E-state index in [1.807, 2.05) is 24.3 Å². The zero-order chi connectivity index (χ0) is 19.9. The predicted molar refractivity (Wildman–Crippen MR) is 110 cm³/mol. The summed E-state index contributed by atoms with van der Waals surface area (Å²) in [5.74, 6) is -0.664. The van der Waals surface area contributed by atoms with Crippen LogP contribution in [0.25, 0.3) is 10.1 Å². The molecule has 0 unspecified atom stereocenters. The molecule has 0 radical (unpaired) electrons. The van der Waals surface area contributed by atoms with Crippen LogP contribution in [0.3, 0.4) is 0 Å². The maximum Gasteiger partial charge on any atom is 0.266 e. The molecular weight excluding hydrogens is 421 g/mol. The number of benzene rings is 2. The summed E-state index contributed by atoms with van der Waals surface area (Å²) in [6.07, 6.45) is 0.387. The van der Waals surface area contributed by atoms with Crippen molar-refractivity contribution in [1.29, 1.82) is 0 Å². The molecule has 28 heavy (non-hydrogen) atoms. The molecule has 1 aromatic heterocycles. The van der Waals surface area contributed by atoms with Crippen LogP contribution in [-0.2, 0) is 16.4 Å². The van der Waals surface area contributed by atoms with E-state index in [1.54, 1.807) is 17.0 Å². The molecule has 8 heteroatoms. The number of carbonyl (C=O) groups is 1. The van der Waals surface area contributed by atoms with Crippen LogP contribution in [0, 0.1) is 5.82 Å². The molecule has 0 spiro atoms. The Bertz CT molecular complexity index is 1140. The van der Waals surface area contributed by atoms with Gasteiger partial charge in [0.1, 0.15) is 10.7 Å². The SMILES string of the molecule is O=C(c1sc2ccccc2c1Cl)N(Cc1ccc(F)cc1)[C@@H]1CCS(=O)(=O)C1. The number of amides is 1. The normalized spacial score (nSPS) is 18.4. The van der Waals surface area contributed by atoms with E-state index in [1.165, 1.54) is 23.5 Å². The largest absolute Gasteiger partial charge is 0.330 e. The Morgan fingerprint density at radius 1 is 1.18 bits per heavy atom. The molecule has 1 saturated heterocycles. The Morgan fingerprint density at radius 3 is 2.54 bits per heavy atom. The van der Waals surface area contributed by atoms with E-state index >= 15 is 0 Å². The molecule has 146 valence electrons. The molecule has 1 atom stereocenters. The standard InChI is InChI=1S/C20H17ClFNO3S2/c21-18-16-3-1-2-4-17(16)27-19(18)20(24)23(15-9-10-28(25,26)12-15)11-13-5-7-14(22)8-6-13/h1-8,15H,9-12H2/t15-/m1/s1. The molecule has 0 N–H and O–H groups in total. The first-order chi connectivity index (χ1) is 13.3. The number of thiophene rings is 1. The summed E-state index contributed by atoms with van der Waals surface area (Å²) in [7, 11) is -3.17. The lowest BCUT2D eigenvalue weighted by Crippen LogP contribution is -2.40. The fraction of sp³-hybridized carbons (Fsp3) is 0.250. The zero-order valence-corrected chi connectivity index (χ0v) is 17.2. The van der Waals surface area contributed by atoms with Crippen molar-refractivity contribution in [3.8, 4) is 0 Å². The van der Waals surface area contributed by atoms with Gasteiger partial charge in [-0.05, 0) is 30.2 Å². The van der Waals surface area contributed by atoms with Crippen molar-refractivity contribution < 1.29 is 17.6 Å². The van der Waals surface area contributed by atoms with Gasteiger partial charge in [0.05, 0.1) is 16.5 Å². The van der Waals surface area contributed by atoms with Crippen molar-refractivity contribution in [2.24, 2.45) is 0 Å². The lowest BCUT2D eigenvalue weighted by molar-refractivity contribution is 0.0686. The minimum atomic E-state index is -3.17. The first kappa shape index (κ1) is 19.4. The number of halogens is 2. The summed E-state index contributed by atoms with van der Waals surface area (Å²) in [6, 6.07) is 12.9. The molecule has 3 aromatic rings. The highest BCUT2D eigenvalue weighted by Crippen LogP contribution is 2.37. The zero-order valence-electron chi connectivity index (χ0n) is 14.8. The highest BCUT2D eigenvalue weighted by molar-refractivity contribution is 7.91. The van der Waals surface area contributed by atoms with E-state index in [2.05, 4.69) is 0 Å². The molecule has 4 rings (SSSR count). The van der Waals surface area contributed by atoms with Crippen LogP contribution in [-0.4, -0.2) is 36.8 Å². The van der Waals surface area contributed by atoms with Gasteiger partial charge in [0.25, 0.3) is 5.91 Å². The monoisotopic (exact) mass is 437 g/mol. The van der Waals surface area contributed by atoms with Crippen molar-refractivity contribution in [2.45, 2.75) is 19.0 Å². The quantitative estimate of drug-likeness (QED) is 0.602. The van der Waals surface area contributed by atoms with Crippen LogP contribution in [0.15, 0.2) is 48.5 Å². The predicted octanol–water partition coefficient (Wildman–Crippen LogP) is 4.52. The number of carbonyl (C=O) groups excluding carboxylic acids is 1. The average molecular weight is 438 g/mol. The van der Waals surface area contributed by atoms with E-state index in [4.69, 9.17) is 11.6 Å². The molecule has 0 aliphatic carbocycles. The smallest absolute Gasteiger partial charge is 0.266 e. The topological polar surface area (TPSA) is 54.5 Å². The Labute approximate surface area is 171 Å². The van der Waals surface area contributed by atoms with Gasteiger partial charge in [-0.25, -0.2) is 12.8 Å². The second kappa shape index (κ2) is 7.46. The number of sulfone groups is 1. The number of fused-ring (bicyclic) bond motifs is 1. The van der Waals surface area contributed by atoms with Gasteiger partial charge >= 0.3 is 0 Å². The molecule has 0 saturated carbocycles. The Kier molecular flexibility index (Phi) is 5.16. The molecule has 1 aliphatic heterocycles. The van der Waals surface area contributed by atoms with Gasteiger partial charge in [-0.3, -0.25) is 4.79 Å². The minimum absolute atomic E-state index is 0.0605. The fourth-order valence-electron chi connectivity index (χ4n) is 3.46. The van der Waals surface area contributed by atoms with Crippen molar-refractivity contribution in [3.05, 3.63) is 69.8 Å². The molecule has 1 fully saturated rings. The van der Waals surface area contributed by atoms with E-state index in [-0.39, 0.29) is 29.8 Å².